The molecular weight excluding hydrogens is 280 g/mol. The van der Waals surface area contributed by atoms with Gasteiger partial charge in [0.1, 0.15) is 0 Å². The first-order valence-corrected chi connectivity index (χ1v) is 7.93. The van der Waals surface area contributed by atoms with Crippen molar-refractivity contribution in [2.75, 3.05) is 19.6 Å². The van der Waals surface area contributed by atoms with Gasteiger partial charge >= 0.3 is 0 Å². The van der Waals surface area contributed by atoms with E-state index < -0.39 is 0 Å². The fraction of sp³-hybridized carbons (Fsp3) is 0.562. The molecular formula is C16H20N4O2. The SMILES string of the molecule is Cc1noc2nc(C3CC3)cc(C(=O)N3CCNC(C)C3)c12. The molecule has 0 aromatic carbocycles. The molecule has 1 aliphatic heterocycles. The summed E-state index contributed by atoms with van der Waals surface area (Å²) in [5, 5.41) is 8.13. The van der Waals surface area contributed by atoms with Gasteiger partial charge < -0.3 is 14.7 Å². The molecule has 2 fully saturated rings. The van der Waals surface area contributed by atoms with Crippen molar-refractivity contribution in [1.29, 1.82) is 0 Å². The Morgan fingerprint density at radius 2 is 2.27 bits per heavy atom. The third kappa shape index (κ3) is 2.27. The van der Waals surface area contributed by atoms with Crippen LogP contribution in [0.2, 0.25) is 0 Å². The first-order valence-electron chi connectivity index (χ1n) is 7.93. The molecule has 1 atom stereocenters. The van der Waals surface area contributed by atoms with E-state index in [0.29, 0.717) is 23.2 Å². The van der Waals surface area contributed by atoms with Crippen LogP contribution in [0, 0.1) is 6.92 Å². The van der Waals surface area contributed by atoms with Crippen LogP contribution in [0.15, 0.2) is 10.6 Å². The van der Waals surface area contributed by atoms with Crippen LogP contribution in [-0.2, 0) is 0 Å². The van der Waals surface area contributed by atoms with Crippen molar-refractivity contribution in [1.82, 2.24) is 20.4 Å². The number of amides is 1. The van der Waals surface area contributed by atoms with Gasteiger partial charge in [-0.25, -0.2) is 4.98 Å². The number of aryl methyl sites for hydroxylation is 1. The van der Waals surface area contributed by atoms with Crippen molar-refractivity contribution < 1.29 is 9.32 Å². The number of piperazine rings is 1. The van der Waals surface area contributed by atoms with Crippen molar-refractivity contribution in [3.8, 4) is 0 Å². The average molecular weight is 300 g/mol. The zero-order valence-electron chi connectivity index (χ0n) is 12.9. The number of hydrogen-bond acceptors (Lipinski definition) is 5. The number of pyridine rings is 1. The van der Waals surface area contributed by atoms with E-state index in [2.05, 4.69) is 22.4 Å². The summed E-state index contributed by atoms with van der Waals surface area (Å²) < 4.78 is 5.32. The van der Waals surface area contributed by atoms with E-state index in [0.717, 1.165) is 49.2 Å². The predicted octanol–water partition coefficient (Wildman–Crippen LogP) is 1.84. The first-order chi connectivity index (χ1) is 10.6. The van der Waals surface area contributed by atoms with Crippen molar-refractivity contribution >= 4 is 17.0 Å². The van der Waals surface area contributed by atoms with Crippen LogP contribution >= 0.6 is 0 Å². The molecule has 0 spiro atoms. The third-order valence-corrected chi connectivity index (χ3v) is 4.52. The van der Waals surface area contributed by atoms with Gasteiger partial charge in [-0.1, -0.05) is 5.16 Å². The fourth-order valence-electron chi connectivity index (χ4n) is 3.16. The highest BCUT2D eigenvalue weighted by Gasteiger charge is 2.30. The molecule has 22 heavy (non-hydrogen) atoms. The molecule has 1 unspecified atom stereocenters. The van der Waals surface area contributed by atoms with Gasteiger partial charge in [-0.2, -0.15) is 0 Å². The second kappa shape index (κ2) is 5.05. The van der Waals surface area contributed by atoms with E-state index in [1.165, 1.54) is 0 Å². The van der Waals surface area contributed by atoms with Crippen LogP contribution in [0.1, 0.15) is 47.4 Å². The lowest BCUT2D eigenvalue weighted by molar-refractivity contribution is 0.0711. The second-order valence-electron chi connectivity index (χ2n) is 6.42. The minimum Gasteiger partial charge on any atom is -0.336 e. The molecule has 1 saturated carbocycles. The Hall–Kier alpha value is -1.95. The molecule has 1 aliphatic carbocycles. The second-order valence-corrected chi connectivity index (χ2v) is 6.42. The predicted molar refractivity (Wildman–Crippen MR) is 81.9 cm³/mol. The van der Waals surface area contributed by atoms with E-state index >= 15 is 0 Å². The van der Waals surface area contributed by atoms with Gasteiger partial charge in [0.15, 0.2) is 0 Å². The van der Waals surface area contributed by atoms with E-state index in [9.17, 15) is 4.79 Å². The van der Waals surface area contributed by atoms with Gasteiger partial charge in [-0.05, 0) is 32.8 Å². The van der Waals surface area contributed by atoms with E-state index in [-0.39, 0.29) is 5.91 Å². The lowest BCUT2D eigenvalue weighted by Crippen LogP contribution is -2.51. The molecule has 1 N–H and O–H groups in total. The molecule has 0 radical (unpaired) electrons. The van der Waals surface area contributed by atoms with Crippen LogP contribution in [0.4, 0.5) is 0 Å². The number of carbonyl (C=O) groups is 1. The van der Waals surface area contributed by atoms with E-state index in [1.807, 2.05) is 17.9 Å². The number of hydrogen-bond donors (Lipinski definition) is 1. The van der Waals surface area contributed by atoms with Gasteiger partial charge in [0, 0.05) is 37.3 Å². The highest BCUT2D eigenvalue weighted by Crippen LogP contribution is 2.40. The van der Waals surface area contributed by atoms with Crippen molar-refractivity contribution in [3.63, 3.8) is 0 Å². The Bertz CT molecular complexity index is 735. The number of rotatable bonds is 2. The maximum Gasteiger partial charge on any atom is 0.259 e. The monoisotopic (exact) mass is 300 g/mol. The summed E-state index contributed by atoms with van der Waals surface area (Å²) in [6.07, 6.45) is 2.29. The molecule has 4 rings (SSSR count). The van der Waals surface area contributed by atoms with E-state index in [1.54, 1.807) is 0 Å². The number of fused-ring (bicyclic) bond motifs is 1. The Morgan fingerprint density at radius 3 is 3.00 bits per heavy atom. The fourth-order valence-corrected chi connectivity index (χ4v) is 3.16. The van der Waals surface area contributed by atoms with Crippen molar-refractivity contribution in [2.45, 2.75) is 38.6 Å². The normalized spacial score (nSPS) is 22.3. The summed E-state index contributed by atoms with van der Waals surface area (Å²) in [7, 11) is 0. The minimum absolute atomic E-state index is 0.0638. The average Bonchev–Trinajstić information content (AvgIpc) is 3.30. The quantitative estimate of drug-likeness (QED) is 0.916. The van der Waals surface area contributed by atoms with Crippen LogP contribution in [-0.4, -0.2) is 46.6 Å². The van der Waals surface area contributed by atoms with E-state index in [4.69, 9.17) is 4.52 Å². The Morgan fingerprint density at radius 1 is 1.45 bits per heavy atom. The van der Waals surface area contributed by atoms with Gasteiger partial charge in [0.2, 0.25) is 0 Å². The lowest BCUT2D eigenvalue weighted by Gasteiger charge is -2.32. The molecule has 1 saturated heterocycles. The number of nitrogens with zero attached hydrogens (tertiary/aromatic N) is 3. The lowest BCUT2D eigenvalue weighted by atomic mass is 10.1. The van der Waals surface area contributed by atoms with Crippen LogP contribution < -0.4 is 5.32 Å². The van der Waals surface area contributed by atoms with Crippen molar-refractivity contribution in [3.05, 3.63) is 23.0 Å². The van der Waals surface area contributed by atoms with Gasteiger partial charge in [-0.3, -0.25) is 4.79 Å². The molecule has 6 heteroatoms. The topological polar surface area (TPSA) is 71.3 Å². The molecule has 116 valence electrons. The summed E-state index contributed by atoms with van der Waals surface area (Å²) in [5.41, 5.74) is 2.89. The zero-order valence-corrected chi connectivity index (χ0v) is 12.9. The van der Waals surface area contributed by atoms with Crippen LogP contribution in [0.25, 0.3) is 11.1 Å². The highest BCUT2D eigenvalue weighted by atomic mass is 16.5. The Labute approximate surface area is 128 Å². The summed E-state index contributed by atoms with van der Waals surface area (Å²) >= 11 is 0. The molecule has 3 heterocycles. The first kappa shape index (κ1) is 13.7. The molecule has 1 amide bonds. The maximum absolute atomic E-state index is 13.0. The highest BCUT2D eigenvalue weighted by molar-refractivity contribution is 6.06. The smallest absolute Gasteiger partial charge is 0.259 e. The Balaban J connectivity index is 1.78. The third-order valence-electron chi connectivity index (χ3n) is 4.52. The summed E-state index contributed by atoms with van der Waals surface area (Å²) in [5.74, 6) is 0.539. The summed E-state index contributed by atoms with van der Waals surface area (Å²) in [4.78, 5) is 19.5. The number of nitrogens with one attached hydrogen (secondary N) is 1. The van der Waals surface area contributed by atoms with Crippen LogP contribution in [0.3, 0.4) is 0 Å². The number of aromatic nitrogens is 2. The summed E-state index contributed by atoms with van der Waals surface area (Å²) in [6, 6.07) is 2.28. The standard InChI is InChI=1S/C16H20N4O2/c1-9-8-20(6-5-17-9)16(21)12-7-13(11-3-4-11)18-15-14(12)10(2)19-22-15/h7,9,11,17H,3-6,8H2,1-2H3. The minimum atomic E-state index is 0.0638. The van der Waals surface area contributed by atoms with Crippen molar-refractivity contribution in [2.24, 2.45) is 0 Å². The van der Waals surface area contributed by atoms with Gasteiger partial charge in [-0.15, -0.1) is 0 Å². The molecule has 6 nitrogen and oxygen atoms in total. The number of carbonyl (C=O) groups excluding carboxylic acids is 1. The Kier molecular flexibility index (Phi) is 3.14. The molecule has 2 aromatic rings. The maximum atomic E-state index is 13.0. The van der Waals surface area contributed by atoms with Gasteiger partial charge in [0.25, 0.3) is 11.6 Å². The van der Waals surface area contributed by atoms with Gasteiger partial charge in [0.05, 0.1) is 16.6 Å². The molecule has 2 aromatic heterocycles. The molecule has 0 bridgehead atoms. The van der Waals surface area contributed by atoms with Crippen LogP contribution in [0.5, 0.6) is 0 Å². The largest absolute Gasteiger partial charge is 0.336 e. The zero-order chi connectivity index (χ0) is 15.3. The summed E-state index contributed by atoms with van der Waals surface area (Å²) in [6.45, 7) is 6.25. The molecule has 2 aliphatic rings.